The lowest BCUT2D eigenvalue weighted by Crippen LogP contribution is -2.33. The molecule has 9 heteroatoms. The van der Waals surface area contributed by atoms with E-state index in [0.29, 0.717) is 0 Å². The second-order valence-electron chi connectivity index (χ2n) is 5.49. The van der Waals surface area contributed by atoms with E-state index in [4.69, 9.17) is 16.2 Å². The molecule has 0 radical (unpaired) electrons. The molecule has 1 aromatic rings. The van der Waals surface area contributed by atoms with E-state index in [2.05, 4.69) is 10.3 Å². The van der Waals surface area contributed by atoms with Gasteiger partial charge < -0.3 is 21.5 Å². The normalized spacial score (nSPS) is 21.3. The Morgan fingerprint density at radius 2 is 2.04 bits per heavy atom. The third kappa shape index (κ3) is 4.72. The average Bonchev–Trinajstić information content (AvgIpc) is 2.49. The molecule has 0 aliphatic heterocycles. The Morgan fingerprint density at radius 1 is 1.39 bits per heavy atom. The number of amides is 1. The second-order valence-corrected chi connectivity index (χ2v) is 5.49. The monoisotopic (exact) mass is 332 g/mol. The molecule has 0 aromatic carbocycles. The summed E-state index contributed by atoms with van der Waals surface area (Å²) < 4.78 is 43.4. The number of alkyl halides is 2. The lowest BCUT2D eigenvalue weighted by Gasteiger charge is -2.27. The molecule has 1 aliphatic rings. The molecule has 1 aromatic heterocycles. The Labute approximate surface area is 131 Å². The SMILES string of the molecule is NC(=O)c1cc(F)c(NC2CCC(N)CC2)nc1OCC(F)F. The summed E-state index contributed by atoms with van der Waals surface area (Å²) in [6, 6.07) is 0.944. The van der Waals surface area contributed by atoms with Gasteiger partial charge in [0.25, 0.3) is 12.3 Å². The molecule has 1 amide bonds. The van der Waals surface area contributed by atoms with E-state index >= 15 is 0 Å². The zero-order chi connectivity index (χ0) is 17.0. The van der Waals surface area contributed by atoms with Crippen molar-refractivity contribution in [3.05, 3.63) is 17.4 Å². The van der Waals surface area contributed by atoms with Crippen molar-refractivity contribution >= 4 is 11.7 Å². The van der Waals surface area contributed by atoms with Crippen molar-refractivity contribution in [1.82, 2.24) is 4.98 Å². The van der Waals surface area contributed by atoms with Crippen LogP contribution in [0.2, 0.25) is 0 Å². The predicted octanol–water partition coefficient (Wildman–Crippen LogP) is 1.65. The first-order valence-corrected chi connectivity index (χ1v) is 7.30. The van der Waals surface area contributed by atoms with Gasteiger partial charge in [-0.15, -0.1) is 0 Å². The Hall–Kier alpha value is -2.03. The number of hydrogen-bond donors (Lipinski definition) is 3. The van der Waals surface area contributed by atoms with Gasteiger partial charge in [0.15, 0.2) is 18.2 Å². The van der Waals surface area contributed by atoms with Crippen molar-refractivity contribution in [3.8, 4) is 5.88 Å². The summed E-state index contributed by atoms with van der Waals surface area (Å²) in [5.74, 6) is -2.36. The van der Waals surface area contributed by atoms with Crippen LogP contribution in [-0.4, -0.2) is 36.0 Å². The lowest BCUT2D eigenvalue weighted by atomic mass is 9.92. The Bertz CT molecular complexity index is 563. The van der Waals surface area contributed by atoms with Gasteiger partial charge in [-0.3, -0.25) is 4.79 Å². The number of carbonyl (C=O) groups is 1. The first-order valence-electron chi connectivity index (χ1n) is 7.30. The minimum atomic E-state index is -2.75. The van der Waals surface area contributed by atoms with Crippen molar-refractivity contribution in [3.63, 3.8) is 0 Å². The van der Waals surface area contributed by atoms with Crippen LogP contribution < -0.4 is 21.5 Å². The topological polar surface area (TPSA) is 103 Å². The van der Waals surface area contributed by atoms with Crippen LogP contribution in [0, 0.1) is 5.82 Å². The fraction of sp³-hybridized carbons (Fsp3) is 0.571. The van der Waals surface area contributed by atoms with Crippen LogP contribution in [0.1, 0.15) is 36.0 Å². The van der Waals surface area contributed by atoms with Crippen LogP contribution in [0.15, 0.2) is 6.07 Å². The van der Waals surface area contributed by atoms with Gasteiger partial charge in [0, 0.05) is 12.1 Å². The molecule has 0 saturated heterocycles. The van der Waals surface area contributed by atoms with Gasteiger partial charge in [-0.25, -0.2) is 13.2 Å². The van der Waals surface area contributed by atoms with Crippen LogP contribution in [0.25, 0.3) is 0 Å². The molecular formula is C14H19F3N4O2. The molecule has 128 valence electrons. The third-order valence-corrected chi connectivity index (χ3v) is 3.67. The van der Waals surface area contributed by atoms with Crippen molar-refractivity contribution in [2.75, 3.05) is 11.9 Å². The number of ether oxygens (including phenoxy) is 1. The first kappa shape index (κ1) is 17.3. The Balaban J connectivity index is 2.18. The van der Waals surface area contributed by atoms with E-state index in [-0.39, 0.29) is 23.5 Å². The highest BCUT2D eigenvalue weighted by Crippen LogP contribution is 2.26. The van der Waals surface area contributed by atoms with Crippen molar-refractivity contribution in [1.29, 1.82) is 0 Å². The number of halogens is 3. The van der Waals surface area contributed by atoms with Gasteiger partial charge in [0.1, 0.15) is 5.56 Å². The minimum absolute atomic E-state index is 0.0285. The van der Waals surface area contributed by atoms with E-state index in [9.17, 15) is 18.0 Å². The largest absolute Gasteiger partial charge is 0.471 e. The summed E-state index contributed by atoms with van der Waals surface area (Å²) in [4.78, 5) is 15.1. The third-order valence-electron chi connectivity index (χ3n) is 3.67. The van der Waals surface area contributed by atoms with Gasteiger partial charge in [-0.1, -0.05) is 0 Å². The molecule has 5 N–H and O–H groups in total. The Morgan fingerprint density at radius 3 is 2.61 bits per heavy atom. The summed E-state index contributed by atoms with van der Waals surface area (Å²) in [7, 11) is 0. The van der Waals surface area contributed by atoms with Gasteiger partial charge in [-0.05, 0) is 31.7 Å². The zero-order valence-corrected chi connectivity index (χ0v) is 12.4. The van der Waals surface area contributed by atoms with Gasteiger partial charge >= 0.3 is 0 Å². The molecule has 1 fully saturated rings. The van der Waals surface area contributed by atoms with E-state index in [1.54, 1.807) is 0 Å². The van der Waals surface area contributed by atoms with E-state index < -0.39 is 30.6 Å². The summed E-state index contributed by atoms with van der Waals surface area (Å²) in [5.41, 5.74) is 10.5. The van der Waals surface area contributed by atoms with Crippen molar-refractivity contribution in [2.24, 2.45) is 11.5 Å². The summed E-state index contributed by atoms with van der Waals surface area (Å²) in [6.07, 6.45) is 0.333. The number of aromatic nitrogens is 1. The number of hydrogen-bond acceptors (Lipinski definition) is 5. The smallest absolute Gasteiger partial charge is 0.272 e. The minimum Gasteiger partial charge on any atom is -0.471 e. The molecular weight excluding hydrogens is 313 g/mol. The number of nitrogens with one attached hydrogen (secondary N) is 1. The van der Waals surface area contributed by atoms with Gasteiger partial charge in [0.05, 0.1) is 0 Å². The molecule has 1 heterocycles. The number of pyridine rings is 1. The van der Waals surface area contributed by atoms with Gasteiger partial charge in [-0.2, -0.15) is 4.98 Å². The molecule has 23 heavy (non-hydrogen) atoms. The van der Waals surface area contributed by atoms with Crippen molar-refractivity contribution in [2.45, 2.75) is 44.2 Å². The number of nitrogens with zero attached hydrogens (tertiary/aromatic N) is 1. The molecule has 0 unspecified atom stereocenters. The van der Waals surface area contributed by atoms with E-state index in [1.165, 1.54) is 0 Å². The summed E-state index contributed by atoms with van der Waals surface area (Å²) >= 11 is 0. The van der Waals surface area contributed by atoms with E-state index in [1.807, 2.05) is 0 Å². The first-order chi connectivity index (χ1) is 10.9. The number of anilines is 1. The lowest BCUT2D eigenvalue weighted by molar-refractivity contribution is 0.0778. The fourth-order valence-electron chi connectivity index (χ4n) is 2.46. The molecule has 2 rings (SSSR count). The van der Waals surface area contributed by atoms with Crippen molar-refractivity contribution < 1.29 is 22.7 Å². The van der Waals surface area contributed by atoms with Gasteiger partial charge in [0.2, 0.25) is 5.88 Å². The highest BCUT2D eigenvalue weighted by Gasteiger charge is 2.22. The summed E-state index contributed by atoms with van der Waals surface area (Å²) in [6.45, 7) is -0.962. The number of rotatable bonds is 6. The second kappa shape index (κ2) is 7.49. The predicted molar refractivity (Wildman–Crippen MR) is 78.1 cm³/mol. The standard InChI is InChI=1S/C14H19F3N4O2/c15-10-5-9(12(19)22)14(23-6-11(16)17)21-13(10)20-8-3-1-7(18)2-4-8/h5,7-8,11H,1-4,6,18H2,(H2,19,22)(H,20,21). The van der Waals surface area contributed by atoms with Crippen LogP contribution in [0.5, 0.6) is 5.88 Å². The maximum absolute atomic E-state index is 14.1. The van der Waals surface area contributed by atoms with E-state index in [0.717, 1.165) is 31.7 Å². The number of nitrogens with two attached hydrogens (primary N) is 2. The van der Waals surface area contributed by atoms with Crippen LogP contribution in [0.4, 0.5) is 19.0 Å². The maximum Gasteiger partial charge on any atom is 0.272 e. The number of carbonyl (C=O) groups excluding carboxylic acids is 1. The van der Waals surface area contributed by atoms with Crippen LogP contribution in [-0.2, 0) is 0 Å². The summed E-state index contributed by atoms with van der Waals surface area (Å²) in [5, 5.41) is 2.90. The van der Waals surface area contributed by atoms with Crippen LogP contribution in [0.3, 0.4) is 0 Å². The molecule has 1 aliphatic carbocycles. The zero-order valence-electron chi connectivity index (χ0n) is 12.4. The quantitative estimate of drug-likeness (QED) is 0.735. The molecule has 0 spiro atoms. The average molecular weight is 332 g/mol. The molecule has 0 bridgehead atoms. The molecule has 1 saturated carbocycles. The number of primary amides is 1. The Kier molecular flexibility index (Phi) is 5.64. The fourth-order valence-corrected chi connectivity index (χ4v) is 2.46. The highest BCUT2D eigenvalue weighted by atomic mass is 19.3. The maximum atomic E-state index is 14.1. The molecule has 0 atom stereocenters. The molecule has 6 nitrogen and oxygen atoms in total. The highest BCUT2D eigenvalue weighted by molar-refractivity contribution is 5.95. The van der Waals surface area contributed by atoms with Crippen LogP contribution >= 0.6 is 0 Å².